The molecule has 0 nitrogen and oxygen atoms in total. The van der Waals surface area contributed by atoms with Crippen LogP contribution in [-0.4, -0.2) is 6.16 Å². The van der Waals surface area contributed by atoms with E-state index >= 15 is 0 Å². The molecule has 1 heteroatoms. The van der Waals surface area contributed by atoms with E-state index in [0.29, 0.717) is 0 Å². The number of hydrogen-bond acceptors (Lipinski definition) is 0. The van der Waals surface area contributed by atoms with Crippen molar-refractivity contribution < 1.29 is 0 Å². The number of hydrogen-bond donors (Lipinski definition) is 0. The fourth-order valence-electron chi connectivity index (χ4n) is 3.08. The van der Waals surface area contributed by atoms with Crippen LogP contribution in [0.2, 0.25) is 0 Å². The van der Waals surface area contributed by atoms with Crippen LogP contribution in [0.25, 0.3) is 0 Å². The Kier molecular flexibility index (Phi) is 8.54. The minimum Gasteiger partial charge on any atom is -0.0654 e. The lowest BCUT2D eigenvalue weighted by Crippen LogP contribution is -2.14. The summed E-state index contributed by atoms with van der Waals surface area (Å²) < 4.78 is 0. The van der Waals surface area contributed by atoms with E-state index < -0.39 is 0 Å². The summed E-state index contributed by atoms with van der Waals surface area (Å²) in [5.41, 5.74) is 2.98. The quantitative estimate of drug-likeness (QED) is 0.451. The van der Waals surface area contributed by atoms with Crippen LogP contribution in [0.1, 0.15) is 64.0 Å². The lowest BCUT2D eigenvalue weighted by Gasteiger charge is -2.19. The van der Waals surface area contributed by atoms with Crippen molar-refractivity contribution in [3.63, 3.8) is 0 Å². The highest BCUT2D eigenvalue weighted by atomic mass is 31.1. The number of benzene rings is 2. The predicted molar refractivity (Wildman–Crippen MR) is 111 cm³/mol. The molecule has 0 unspecified atom stereocenters. The molecule has 0 bridgehead atoms. The highest BCUT2D eigenvalue weighted by Crippen LogP contribution is 2.34. The minimum atomic E-state index is -0.202. The van der Waals surface area contributed by atoms with Crippen molar-refractivity contribution in [3.05, 3.63) is 59.7 Å². The molecule has 0 aliphatic heterocycles. The van der Waals surface area contributed by atoms with Crippen molar-refractivity contribution in [2.75, 3.05) is 6.16 Å². The first kappa shape index (κ1) is 19.2. The SMILES string of the molecule is CCCCc1ccc(P(CCC)c2ccc(CCCC)cc2)cc1. The van der Waals surface area contributed by atoms with Gasteiger partial charge in [0.1, 0.15) is 0 Å². The van der Waals surface area contributed by atoms with Gasteiger partial charge in [-0.05, 0) is 61.5 Å². The molecule has 0 heterocycles. The first-order chi connectivity index (χ1) is 11.8. The van der Waals surface area contributed by atoms with Crippen LogP contribution in [0.5, 0.6) is 0 Å². The average molecular weight is 340 g/mol. The van der Waals surface area contributed by atoms with Gasteiger partial charge in [-0.3, -0.25) is 0 Å². The summed E-state index contributed by atoms with van der Waals surface area (Å²) in [6.45, 7) is 6.83. The Morgan fingerprint density at radius 3 is 1.33 bits per heavy atom. The fraction of sp³-hybridized carbons (Fsp3) is 0.478. The molecule has 24 heavy (non-hydrogen) atoms. The van der Waals surface area contributed by atoms with Gasteiger partial charge in [-0.25, -0.2) is 0 Å². The molecule has 0 N–H and O–H groups in total. The topological polar surface area (TPSA) is 0 Å². The smallest absolute Gasteiger partial charge is 0.0195 e. The van der Waals surface area contributed by atoms with E-state index in [9.17, 15) is 0 Å². The van der Waals surface area contributed by atoms with E-state index in [4.69, 9.17) is 0 Å². The fourth-order valence-corrected chi connectivity index (χ4v) is 5.36. The number of rotatable bonds is 10. The summed E-state index contributed by atoms with van der Waals surface area (Å²) in [4.78, 5) is 0. The van der Waals surface area contributed by atoms with Crippen molar-refractivity contribution in [1.82, 2.24) is 0 Å². The first-order valence-corrected chi connectivity index (χ1v) is 11.3. The van der Waals surface area contributed by atoms with Crippen molar-refractivity contribution in [1.29, 1.82) is 0 Å². The Morgan fingerprint density at radius 1 is 0.583 bits per heavy atom. The van der Waals surface area contributed by atoms with E-state index in [2.05, 4.69) is 69.3 Å². The summed E-state index contributed by atoms with van der Waals surface area (Å²) in [7, 11) is -0.202. The van der Waals surface area contributed by atoms with Gasteiger partial charge in [-0.15, -0.1) is 0 Å². The molecule has 0 saturated heterocycles. The minimum absolute atomic E-state index is 0.202. The van der Waals surface area contributed by atoms with E-state index in [-0.39, 0.29) is 7.92 Å². The molecule has 2 rings (SSSR count). The third-order valence-electron chi connectivity index (χ3n) is 4.58. The van der Waals surface area contributed by atoms with Crippen molar-refractivity contribution >= 4 is 18.5 Å². The van der Waals surface area contributed by atoms with Gasteiger partial charge in [0, 0.05) is 0 Å². The third-order valence-corrected chi connectivity index (χ3v) is 7.32. The molecule has 0 aromatic heterocycles. The molecule has 2 aromatic rings. The maximum Gasteiger partial charge on any atom is -0.0195 e. The van der Waals surface area contributed by atoms with Crippen LogP contribution < -0.4 is 10.6 Å². The zero-order valence-electron chi connectivity index (χ0n) is 15.7. The highest BCUT2D eigenvalue weighted by molar-refractivity contribution is 7.73. The maximum atomic E-state index is 2.39. The lowest BCUT2D eigenvalue weighted by molar-refractivity contribution is 0.795. The number of aryl methyl sites for hydroxylation is 2. The van der Waals surface area contributed by atoms with E-state index in [1.54, 1.807) is 0 Å². The molecule has 0 fully saturated rings. The highest BCUT2D eigenvalue weighted by Gasteiger charge is 2.12. The second-order valence-corrected chi connectivity index (χ2v) is 9.03. The zero-order chi connectivity index (χ0) is 17.2. The van der Waals surface area contributed by atoms with Gasteiger partial charge in [0.05, 0.1) is 0 Å². The van der Waals surface area contributed by atoms with E-state index in [1.807, 2.05) is 0 Å². The molecule has 0 aliphatic carbocycles. The van der Waals surface area contributed by atoms with Crippen LogP contribution in [-0.2, 0) is 12.8 Å². The van der Waals surface area contributed by atoms with Crippen LogP contribution in [0, 0.1) is 0 Å². The Balaban J connectivity index is 2.13. The molecule has 0 atom stereocenters. The van der Waals surface area contributed by atoms with Crippen LogP contribution in [0.4, 0.5) is 0 Å². The standard InChI is InChI=1S/C23H33P/c1-4-7-9-20-11-15-22(16-12-20)24(19-6-3)23-17-13-21(14-18-23)10-8-5-2/h11-18H,4-10,19H2,1-3H3. The maximum absolute atomic E-state index is 2.39. The monoisotopic (exact) mass is 340 g/mol. The Morgan fingerprint density at radius 2 is 1.00 bits per heavy atom. The van der Waals surface area contributed by atoms with Crippen LogP contribution in [0.15, 0.2) is 48.5 Å². The molecule has 0 radical (unpaired) electrons. The summed E-state index contributed by atoms with van der Waals surface area (Å²) in [6.07, 6.45) is 10.1. The van der Waals surface area contributed by atoms with Gasteiger partial charge >= 0.3 is 0 Å². The summed E-state index contributed by atoms with van der Waals surface area (Å²) in [5.74, 6) is 0. The number of unbranched alkanes of at least 4 members (excludes halogenated alkanes) is 2. The summed E-state index contributed by atoms with van der Waals surface area (Å²) >= 11 is 0. The molecule has 2 aromatic carbocycles. The normalized spacial score (nSPS) is 11.2. The Hall–Kier alpha value is -1.13. The second kappa shape index (κ2) is 10.7. The molecule has 130 valence electrons. The van der Waals surface area contributed by atoms with Gasteiger partial charge < -0.3 is 0 Å². The predicted octanol–water partition coefficient (Wildman–Crippen LogP) is 6.21. The van der Waals surface area contributed by atoms with Gasteiger partial charge in [0.2, 0.25) is 0 Å². The molecule has 0 spiro atoms. The van der Waals surface area contributed by atoms with Gasteiger partial charge in [0.25, 0.3) is 0 Å². The largest absolute Gasteiger partial charge is 0.0654 e. The third kappa shape index (κ3) is 5.75. The van der Waals surface area contributed by atoms with E-state index in [1.165, 1.54) is 72.8 Å². The van der Waals surface area contributed by atoms with E-state index in [0.717, 1.165) is 0 Å². The first-order valence-electron chi connectivity index (χ1n) is 9.73. The Labute approximate surface area is 150 Å². The second-order valence-electron chi connectivity index (χ2n) is 6.69. The molecule has 0 aliphatic rings. The lowest BCUT2D eigenvalue weighted by atomic mass is 10.1. The molecule has 0 saturated carbocycles. The van der Waals surface area contributed by atoms with Crippen molar-refractivity contribution in [3.8, 4) is 0 Å². The van der Waals surface area contributed by atoms with Gasteiger partial charge in [-0.2, -0.15) is 0 Å². The zero-order valence-corrected chi connectivity index (χ0v) is 16.6. The van der Waals surface area contributed by atoms with Crippen molar-refractivity contribution in [2.45, 2.75) is 65.7 Å². The van der Waals surface area contributed by atoms with Crippen LogP contribution in [0.3, 0.4) is 0 Å². The average Bonchev–Trinajstić information content (AvgIpc) is 2.64. The van der Waals surface area contributed by atoms with Crippen molar-refractivity contribution in [2.24, 2.45) is 0 Å². The summed E-state index contributed by atoms with van der Waals surface area (Å²) in [6, 6.07) is 19.0. The molecular formula is C23H33P. The molecular weight excluding hydrogens is 307 g/mol. The van der Waals surface area contributed by atoms with Gasteiger partial charge in [0.15, 0.2) is 0 Å². The van der Waals surface area contributed by atoms with Crippen LogP contribution >= 0.6 is 7.92 Å². The summed E-state index contributed by atoms with van der Waals surface area (Å²) in [5, 5.41) is 3.07. The Bertz CT molecular complexity index is 516. The van der Waals surface area contributed by atoms with Gasteiger partial charge in [-0.1, -0.05) is 88.6 Å². The molecule has 0 amide bonds.